The molecule has 0 N–H and O–H groups in total. The largest absolute Gasteiger partial charge is 0.0918 e. The Balaban J connectivity index is 2.74. The van der Waals surface area contributed by atoms with Crippen molar-refractivity contribution < 1.29 is 0 Å². The van der Waals surface area contributed by atoms with E-state index >= 15 is 0 Å². The van der Waals surface area contributed by atoms with E-state index in [1.165, 1.54) is 0 Å². The van der Waals surface area contributed by atoms with Crippen LogP contribution in [0.4, 0.5) is 0 Å². The van der Waals surface area contributed by atoms with Gasteiger partial charge < -0.3 is 0 Å². The monoisotopic (exact) mass is 214 g/mol. The second-order valence-corrected chi connectivity index (χ2v) is 8.24. The van der Waals surface area contributed by atoms with E-state index in [1.54, 1.807) is 51.1 Å². The lowest BCUT2D eigenvalue weighted by molar-refractivity contribution is 2.69. The Labute approximate surface area is 74.7 Å². The second kappa shape index (κ2) is 9.23. The van der Waals surface area contributed by atoms with E-state index in [0.29, 0.717) is 0 Å². The zero-order chi connectivity index (χ0) is 6.95. The Morgan fingerprint density at radius 1 is 0.778 bits per heavy atom. The molecule has 5 heteroatoms. The standard InChI is InChI=1S/C4H6S5/c1-3-5-7-9-8-6-4-2/h3-4H,1-2H2. The molecule has 0 nitrogen and oxygen atoms in total. The highest BCUT2D eigenvalue weighted by molar-refractivity contribution is 9.36. The maximum Gasteiger partial charge on any atom is -0.00107 e. The minimum absolute atomic E-state index is 1.63. The van der Waals surface area contributed by atoms with Crippen LogP contribution in [0.3, 0.4) is 0 Å². The van der Waals surface area contributed by atoms with Crippen LogP contribution in [0, 0.1) is 0 Å². The summed E-state index contributed by atoms with van der Waals surface area (Å²) >= 11 is 0. The van der Waals surface area contributed by atoms with Crippen LogP contribution in [-0.4, -0.2) is 0 Å². The average Bonchev–Trinajstić information content (AvgIpc) is 1.89. The molecule has 0 amide bonds. The first kappa shape index (κ1) is 10.2. The minimum atomic E-state index is 1.63. The molecule has 0 aliphatic carbocycles. The van der Waals surface area contributed by atoms with Crippen LogP contribution < -0.4 is 0 Å². The molecule has 0 aliphatic heterocycles. The van der Waals surface area contributed by atoms with Gasteiger partial charge >= 0.3 is 0 Å². The summed E-state index contributed by atoms with van der Waals surface area (Å²) in [5.41, 5.74) is 0. The summed E-state index contributed by atoms with van der Waals surface area (Å²) in [4.78, 5) is 0. The van der Waals surface area contributed by atoms with Gasteiger partial charge in [0.1, 0.15) is 0 Å². The van der Waals surface area contributed by atoms with E-state index in [9.17, 15) is 0 Å². The molecule has 0 heterocycles. The third kappa shape index (κ3) is 9.23. The van der Waals surface area contributed by atoms with Crippen molar-refractivity contribution in [2.45, 2.75) is 0 Å². The molecule has 0 saturated carbocycles. The van der Waals surface area contributed by atoms with Crippen molar-refractivity contribution in [3.8, 4) is 0 Å². The lowest BCUT2D eigenvalue weighted by Gasteiger charge is -1.89. The normalized spacial score (nSPS) is 8.89. The van der Waals surface area contributed by atoms with Gasteiger partial charge in [0.15, 0.2) is 0 Å². The molecule has 0 rings (SSSR count). The van der Waals surface area contributed by atoms with Crippen molar-refractivity contribution in [3.05, 3.63) is 24.0 Å². The zero-order valence-electron chi connectivity index (χ0n) is 4.61. The van der Waals surface area contributed by atoms with Gasteiger partial charge in [-0.15, -0.1) is 0 Å². The van der Waals surface area contributed by atoms with E-state index in [2.05, 4.69) is 13.2 Å². The molecule has 0 saturated heterocycles. The number of hydrogen-bond donors (Lipinski definition) is 0. The fraction of sp³-hybridized carbons (Fsp3) is 0. The van der Waals surface area contributed by atoms with Crippen LogP contribution in [-0.2, 0) is 0 Å². The summed E-state index contributed by atoms with van der Waals surface area (Å²) in [6, 6.07) is 0. The Morgan fingerprint density at radius 2 is 1.22 bits per heavy atom. The lowest BCUT2D eigenvalue weighted by Crippen LogP contribution is -1.31. The minimum Gasteiger partial charge on any atom is -0.0918 e. The van der Waals surface area contributed by atoms with Gasteiger partial charge in [0.25, 0.3) is 0 Å². The fourth-order valence-corrected chi connectivity index (χ4v) is 6.85. The summed E-state index contributed by atoms with van der Waals surface area (Å²) in [7, 11) is 8.39. The summed E-state index contributed by atoms with van der Waals surface area (Å²) in [6.07, 6.45) is 0. The zero-order valence-corrected chi connectivity index (χ0v) is 8.69. The predicted molar refractivity (Wildman–Crippen MR) is 58.3 cm³/mol. The molecule has 0 atom stereocenters. The first-order chi connectivity index (χ1) is 4.41. The van der Waals surface area contributed by atoms with Crippen molar-refractivity contribution in [3.63, 3.8) is 0 Å². The maximum atomic E-state index is 3.57. The van der Waals surface area contributed by atoms with Crippen LogP contribution in [0.2, 0.25) is 0 Å². The molecule has 52 valence electrons. The molecule has 9 heavy (non-hydrogen) atoms. The Kier molecular flexibility index (Phi) is 10.5. The van der Waals surface area contributed by atoms with Crippen molar-refractivity contribution in [2.75, 3.05) is 0 Å². The highest BCUT2D eigenvalue weighted by Crippen LogP contribution is 2.48. The maximum absolute atomic E-state index is 3.57. The summed E-state index contributed by atoms with van der Waals surface area (Å²) < 4.78 is 0. The van der Waals surface area contributed by atoms with Gasteiger partial charge in [0, 0.05) is 0 Å². The molecule has 0 radical (unpaired) electrons. The van der Waals surface area contributed by atoms with E-state index < -0.39 is 0 Å². The van der Waals surface area contributed by atoms with Gasteiger partial charge in [-0.1, -0.05) is 34.7 Å². The third-order valence-corrected chi connectivity index (χ3v) is 7.85. The van der Waals surface area contributed by atoms with Crippen LogP contribution in [0.1, 0.15) is 0 Å². The highest BCUT2D eigenvalue weighted by Gasteiger charge is 1.85. The second-order valence-electron chi connectivity index (χ2n) is 0.730. The van der Waals surface area contributed by atoms with Gasteiger partial charge in [-0.05, 0) is 40.3 Å². The summed E-state index contributed by atoms with van der Waals surface area (Å²) in [5, 5.41) is 3.63. The van der Waals surface area contributed by atoms with Crippen LogP contribution >= 0.6 is 51.1 Å². The molecule has 0 spiro atoms. The molecule has 0 aromatic carbocycles. The van der Waals surface area contributed by atoms with Crippen molar-refractivity contribution in [2.24, 2.45) is 0 Å². The van der Waals surface area contributed by atoms with Gasteiger partial charge in [0.2, 0.25) is 0 Å². The highest BCUT2D eigenvalue weighted by atomic mass is 33.8. The molecule has 0 aromatic rings. The van der Waals surface area contributed by atoms with Crippen LogP contribution in [0.15, 0.2) is 24.0 Å². The van der Waals surface area contributed by atoms with Gasteiger partial charge in [-0.2, -0.15) is 0 Å². The first-order valence-corrected chi connectivity index (χ1v) is 8.23. The predicted octanol–water partition coefficient (Wildman–Crippen LogP) is 4.60. The average molecular weight is 214 g/mol. The molecule has 0 unspecified atom stereocenters. The quantitative estimate of drug-likeness (QED) is 0.467. The molecular weight excluding hydrogens is 208 g/mol. The fourth-order valence-electron chi connectivity index (χ4n) is 0.0990. The Hall–Kier alpha value is 1.23. The number of rotatable bonds is 6. The Morgan fingerprint density at radius 3 is 1.56 bits per heavy atom. The molecule has 0 fully saturated rings. The van der Waals surface area contributed by atoms with Crippen LogP contribution in [0.5, 0.6) is 0 Å². The van der Waals surface area contributed by atoms with Crippen LogP contribution in [0.25, 0.3) is 0 Å². The Bertz CT molecular complexity index is 71.0. The van der Waals surface area contributed by atoms with E-state index in [1.807, 2.05) is 10.8 Å². The summed E-state index contributed by atoms with van der Waals surface area (Å²) in [5.74, 6) is 0. The number of hydrogen-bond acceptors (Lipinski definition) is 5. The summed E-state index contributed by atoms with van der Waals surface area (Å²) in [6.45, 7) is 7.14. The molecule has 0 aliphatic rings. The SMILES string of the molecule is C=CSSSSSC=C. The van der Waals surface area contributed by atoms with Crippen molar-refractivity contribution in [1.29, 1.82) is 0 Å². The van der Waals surface area contributed by atoms with E-state index in [0.717, 1.165) is 0 Å². The van der Waals surface area contributed by atoms with E-state index in [-0.39, 0.29) is 0 Å². The lowest BCUT2D eigenvalue weighted by atomic mass is 11.3. The third-order valence-electron chi connectivity index (χ3n) is 0.270. The topological polar surface area (TPSA) is 0 Å². The van der Waals surface area contributed by atoms with Crippen molar-refractivity contribution >= 4 is 51.1 Å². The molecular formula is C4H6S5. The van der Waals surface area contributed by atoms with Gasteiger partial charge in [-0.25, -0.2) is 0 Å². The van der Waals surface area contributed by atoms with Gasteiger partial charge in [0.05, 0.1) is 0 Å². The van der Waals surface area contributed by atoms with Crippen molar-refractivity contribution in [1.82, 2.24) is 0 Å². The van der Waals surface area contributed by atoms with Gasteiger partial charge in [-0.3, -0.25) is 0 Å². The molecule has 0 bridgehead atoms. The van der Waals surface area contributed by atoms with E-state index in [4.69, 9.17) is 0 Å². The first-order valence-electron chi connectivity index (χ1n) is 1.95. The molecule has 0 aromatic heterocycles. The smallest absolute Gasteiger partial charge is 0.00107 e.